The summed E-state index contributed by atoms with van der Waals surface area (Å²) in [6, 6.07) is 0.142. The number of aliphatic hydroxyl groups is 1. The molecule has 2 aliphatic heterocycles. The number of amides is 1. The van der Waals surface area contributed by atoms with E-state index in [4.69, 9.17) is 4.74 Å². The van der Waals surface area contributed by atoms with Crippen molar-refractivity contribution in [1.29, 1.82) is 0 Å². The molecule has 0 radical (unpaired) electrons. The number of ether oxygens (including phenoxy) is 1. The minimum absolute atomic E-state index is 0.142. The minimum atomic E-state index is -0.553. The summed E-state index contributed by atoms with van der Waals surface area (Å²) in [5, 5.41) is 13.4. The molecule has 0 aromatic rings. The summed E-state index contributed by atoms with van der Waals surface area (Å²) >= 11 is 0. The van der Waals surface area contributed by atoms with E-state index < -0.39 is 17.2 Å². The van der Waals surface area contributed by atoms with Crippen LogP contribution in [0.5, 0.6) is 0 Å². The maximum Gasteiger partial charge on any atom is 0.411 e. The van der Waals surface area contributed by atoms with Crippen molar-refractivity contribution in [2.45, 2.75) is 63.8 Å². The second-order valence-corrected chi connectivity index (χ2v) is 6.45. The molecule has 0 aromatic heterocycles. The fourth-order valence-electron chi connectivity index (χ4n) is 3.05. The Morgan fingerprint density at radius 2 is 2.22 bits per heavy atom. The van der Waals surface area contributed by atoms with E-state index in [2.05, 4.69) is 5.32 Å². The Morgan fingerprint density at radius 3 is 2.78 bits per heavy atom. The highest BCUT2D eigenvalue weighted by Gasteiger charge is 2.55. The average Bonchev–Trinajstić information content (AvgIpc) is 2.45. The van der Waals surface area contributed by atoms with Gasteiger partial charge in [-0.2, -0.15) is 0 Å². The van der Waals surface area contributed by atoms with Gasteiger partial charge in [0.1, 0.15) is 5.60 Å². The van der Waals surface area contributed by atoms with Gasteiger partial charge in [-0.15, -0.1) is 0 Å². The van der Waals surface area contributed by atoms with Crippen LogP contribution in [-0.2, 0) is 4.74 Å². The Morgan fingerprint density at radius 1 is 1.56 bits per heavy atom. The predicted molar refractivity (Wildman–Crippen MR) is 68.4 cm³/mol. The molecule has 2 rings (SSSR count). The third-order valence-electron chi connectivity index (χ3n) is 3.93. The molecule has 2 N–H and O–H groups in total. The molecule has 0 aliphatic carbocycles. The number of hydrogen-bond acceptors (Lipinski definition) is 4. The van der Waals surface area contributed by atoms with Gasteiger partial charge in [0.2, 0.25) is 0 Å². The molecule has 3 atom stereocenters. The summed E-state index contributed by atoms with van der Waals surface area (Å²) in [7, 11) is 0. The van der Waals surface area contributed by atoms with Gasteiger partial charge < -0.3 is 15.2 Å². The van der Waals surface area contributed by atoms with Crippen molar-refractivity contribution in [3.63, 3.8) is 0 Å². The molecule has 104 valence electrons. The molecular weight excluding hydrogens is 232 g/mol. The zero-order chi connectivity index (χ0) is 13.6. The molecule has 2 saturated heterocycles. The number of hydrogen-bond donors (Lipinski definition) is 2. The van der Waals surface area contributed by atoms with E-state index in [1.165, 1.54) is 0 Å². The van der Waals surface area contributed by atoms with Crippen molar-refractivity contribution in [1.82, 2.24) is 10.2 Å². The number of carbonyl (C=O) groups excluding carboxylic acids is 1. The third kappa shape index (κ3) is 2.21. The van der Waals surface area contributed by atoms with Crippen LogP contribution in [0.25, 0.3) is 0 Å². The summed E-state index contributed by atoms with van der Waals surface area (Å²) in [5.74, 6) is 0. The number of rotatable bonds is 1. The standard InChI is InChI=1S/C13H24N2O3/c1-9(16)13-6-5-10(7-14-8-13)15(13)11(17)18-12(2,3)4/h9-10,14,16H,5-8H2,1-4H3. The van der Waals surface area contributed by atoms with Gasteiger partial charge in [-0.3, -0.25) is 4.90 Å². The van der Waals surface area contributed by atoms with Crippen LogP contribution in [-0.4, -0.2) is 52.5 Å². The average molecular weight is 256 g/mol. The molecule has 0 saturated carbocycles. The molecule has 2 bridgehead atoms. The molecule has 2 aliphatic rings. The molecule has 2 fully saturated rings. The van der Waals surface area contributed by atoms with Crippen molar-refractivity contribution in [2.75, 3.05) is 13.1 Å². The fraction of sp³-hybridized carbons (Fsp3) is 0.923. The van der Waals surface area contributed by atoms with Crippen LogP contribution in [0.2, 0.25) is 0 Å². The van der Waals surface area contributed by atoms with Crippen LogP contribution in [0.1, 0.15) is 40.5 Å². The Kier molecular flexibility index (Phi) is 3.32. The summed E-state index contributed by atoms with van der Waals surface area (Å²) < 4.78 is 5.48. The largest absolute Gasteiger partial charge is 0.444 e. The highest BCUT2D eigenvalue weighted by molar-refractivity contribution is 5.71. The normalized spacial score (nSPS) is 33.4. The van der Waals surface area contributed by atoms with Crippen LogP contribution in [0.15, 0.2) is 0 Å². The van der Waals surface area contributed by atoms with Crippen molar-refractivity contribution >= 4 is 6.09 Å². The van der Waals surface area contributed by atoms with Crippen molar-refractivity contribution in [3.8, 4) is 0 Å². The van der Waals surface area contributed by atoms with Crippen LogP contribution >= 0.6 is 0 Å². The second-order valence-electron chi connectivity index (χ2n) is 6.45. The minimum Gasteiger partial charge on any atom is -0.444 e. The second kappa shape index (κ2) is 4.38. The summed E-state index contributed by atoms with van der Waals surface area (Å²) in [6.45, 7) is 8.78. The Labute approximate surface area is 108 Å². The van der Waals surface area contributed by atoms with Gasteiger partial charge in [0.25, 0.3) is 0 Å². The Balaban J connectivity index is 2.22. The summed E-state index contributed by atoms with van der Waals surface area (Å²) in [6.07, 6.45) is 0.911. The number of aliphatic hydroxyl groups excluding tert-OH is 1. The SMILES string of the molecule is CC(O)C12CCC(CNC1)N2C(=O)OC(C)(C)C. The molecule has 5 heteroatoms. The van der Waals surface area contributed by atoms with E-state index in [0.29, 0.717) is 6.54 Å². The maximum atomic E-state index is 12.3. The van der Waals surface area contributed by atoms with Crippen LogP contribution in [0.4, 0.5) is 4.79 Å². The lowest BCUT2D eigenvalue weighted by atomic mass is 9.90. The van der Waals surface area contributed by atoms with Gasteiger partial charge in [0, 0.05) is 19.1 Å². The van der Waals surface area contributed by atoms with Gasteiger partial charge in [-0.05, 0) is 40.5 Å². The van der Waals surface area contributed by atoms with Crippen molar-refractivity contribution < 1.29 is 14.6 Å². The quantitative estimate of drug-likeness (QED) is 0.738. The number of fused-ring (bicyclic) bond motifs is 2. The molecule has 1 amide bonds. The molecule has 5 nitrogen and oxygen atoms in total. The summed E-state index contributed by atoms with van der Waals surface area (Å²) in [5.41, 5.74) is -0.994. The van der Waals surface area contributed by atoms with Gasteiger partial charge >= 0.3 is 6.09 Å². The zero-order valence-electron chi connectivity index (χ0n) is 11.7. The molecule has 0 aromatic carbocycles. The lowest BCUT2D eigenvalue weighted by molar-refractivity contribution is -0.0476. The van der Waals surface area contributed by atoms with E-state index in [0.717, 1.165) is 19.4 Å². The van der Waals surface area contributed by atoms with Gasteiger partial charge in [0.15, 0.2) is 0 Å². The first kappa shape index (κ1) is 13.6. The lowest BCUT2D eigenvalue weighted by Gasteiger charge is -2.46. The highest BCUT2D eigenvalue weighted by atomic mass is 16.6. The van der Waals surface area contributed by atoms with E-state index in [1.54, 1.807) is 11.8 Å². The summed E-state index contributed by atoms with van der Waals surface area (Å²) in [4.78, 5) is 14.1. The predicted octanol–water partition coefficient (Wildman–Crippen LogP) is 1.11. The lowest BCUT2D eigenvalue weighted by Crippen LogP contribution is -2.67. The third-order valence-corrected chi connectivity index (χ3v) is 3.93. The van der Waals surface area contributed by atoms with Crippen LogP contribution in [0, 0.1) is 0 Å². The van der Waals surface area contributed by atoms with Gasteiger partial charge in [-0.25, -0.2) is 4.79 Å². The number of nitrogens with zero attached hydrogens (tertiary/aromatic N) is 1. The Bertz CT molecular complexity index is 334. The molecule has 3 unspecified atom stereocenters. The first-order chi connectivity index (χ1) is 8.26. The highest BCUT2D eigenvalue weighted by Crippen LogP contribution is 2.39. The number of nitrogens with one attached hydrogen (secondary N) is 1. The monoisotopic (exact) mass is 256 g/mol. The molecule has 18 heavy (non-hydrogen) atoms. The Hall–Kier alpha value is -0.810. The van der Waals surface area contributed by atoms with Gasteiger partial charge in [-0.1, -0.05) is 0 Å². The van der Waals surface area contributed by atoms with E-state index in [1.807, 2.05) is 20.8 Å². The van der Waals surface area contributed by atoms with Crippen molar-refractivity contribution in [2.24, 2.45) is 0 Å². The molecule has 2 heterocycles. The topological polar surface area (TPSA) is 61.8 Å². The fourth-order valence-corrected chi connectivity index (χ4v) is 3.05. The first-order valence-corrected chi connectivity index (χ1v) is 6.67. The number of piperazine rings is 1. The first-order valence-electron chi connectivity index (χ1n) is 6.67. The molecular formula is C13H24N2O3. The zero-order valence-corrected chi connectivity index (χ0v) is 11.7. The number of carbonyl (C=O) groups is 1. The van der Waals surface area contributed by atoms with E-state index in [9.17, 15) is 9.90 Å². The maximum absolute atomic E-state index is 12.3. The molecule has 0 spiro atoms. The van der Waals surface area contributed by atoms with E-state index in [-0.39, 0.29) is 12.1 Å². The van der Waals surface area contributed by atoms with Crippen molar-refractivity contribution in [3.05, 3.63) is 0 Å². The van der Waals surface area contributed by atoms with E-state index >= 15 is 0 Å². The van der Waals surface area contributed by atoms with Crippen LogP contribution < -0.4 is 5.32 Å². The smallest absolute Gasteiger partial charge is 0.411 e. The van der Waals surface area contributed by atoms with Gasteiger partial charge in [0.05, 0.1) is 11.6 Å². The van der Waals surface area contributed by atoms with Crippen LogP contribution in [0.3, 0.4) is 0 Å².